The molecule has 0 radical (unpaired) electrons. The summed E-state index contributed by atoms with van der Waals surface area (Å²) in [7, 11) is 5.86. The number of rotatable bonds is 9. The second-order valence-electron chi connectivity index (χ2n) is 10.4. The number of carbonyl (C=O) groups excluding carboxylic acids is 2. The van der Waals surface area contributed by atoms with E-state index in [0.29, 0.717) is 57.3 Å². The zero-order valence-electron chi connectivity index (χ0n) is 23.3. The summed E-state index contributed by atoms with van der Waals surface area (Å²) in [6.07, 6.45) is 7.80. The SMILES string of the molecule is CN(C)CCN(C)C(=O)Cc1cccc(N2C=C(Nc3ccc(C(=O)N4CCOCC4)cn3)C3=NC=C[NH+]3C2)c1. The zero-order valence-corrected chi connectivity index (χ0v) is 23.3. The minimum absolute atomic E-state index is 0.0346. The average molecular weight is 546 g/mol. The van der Waals surface area contributed by atoms with Crippen LogP contribution in [0.1, 0.15) is 15.9 Å². The van der Waals surface area contributed by atoms with Gasteiger partial charge in [0.1, 0.15) is 17.7 Å². The number of hydrogen-bond donors (Lipinski definition) is 2. The van der Waals surface area contributed by atoms with E-state index in [-0.39, 0.29) is 11.8 Å². The number of hydrogen-bond acceptors (Lipinski definition) is 8. The van der Waals surface area contributed by atoms with Crippen molar-refractivity contribution in [2.45, 2.75) is 6.42 Å². The summed E-state index contributed by atoms with van der Waals surface area (Å²) in [5.41, 5.74) is 3.33. The van der Waals surface area contributed by atoms with Gasteiger partial charge in [-0.05, 0) is 43.9 Å². The molecular formula is C29H37N8O3+. The van der Waals surface area contributed by atoms with Crippen LogP contribution in [0.4, 0.5) is 11.5 Å². The molecule has 1 aromatic heterocycles. The smallest absolute Gasteiger partial charge is 0.257 e. The van der Waals surface area contributed by atoms with Crippen LogP contribution in [0, 0.1) is 0 Å². The molecule has 4 heterocycles. The van der Waals surface area contributed by atoms with Gasteiger partial charge in [-0.25, -0.2) is 9.88 Å². The number of ether oxygens (including phenoxy) is 1. The second kappa shape index (κ2) is 12.4. The lowest BCUT2D eigenvalue weighted by Gasteiger charge is -2.30. The summed E-state index contributed by atoms with van der Waals surface area (Å²) >= 11 is 0. The van der Waals surface area contributed by atoms with E-state index in [1.54, 1.807) is 28.3 Å². The molecule has 40 heavy (non-hydrogen) atoms. The Morgan fingerprint density at radius 3 is 2.67 bits per heavy atom. The highest BCUT2D eigenvalue weighted by Gasteiger charge is 2.31. The van der Waals surface area contributed by atoms with Gasteiger partial charge in [0.05, 0.1) is 31.4 Å². The van der Waals surface area contributed by atoms with Crippen molar-refractivity contribution in [2.75, 3.05) is 77.4 Å². The molecule has 2 N–H and O–H groups in total. The van der Waals surface area contributed by atoms with Gasteiger partial charge in [0.25, 0.3) is 11.7 Å². The van der Waals surface area contributed by atoms with Crippen LogP contribution < -0.4 is 15.1 Å². The third-order valence-electron chi connectivity index (χ3n) is 7.14. The number of amides is 2. The maximum absolute atomic E-state index is 12.8. The topological polar surface area (TPSA) is 98.0 Å². The van der Waals surface area contributed by atoms with E-state index in [0.717, 1.165) is 34.2 Å². The number of pyridine rings is 1. The molecule has 1 aromatic carbocycles. The number of morpholine rings is 1. The van der Waals surface area contributed by atoms with Gasteiger partial charge in [-0.1, -0.05) is 12.1 Å². The number of nitrogens with one attached hydrogen (secondary N) is 2. The van der Waals surface area contributed by atoms with Crippen LogP contribution in [-0.2, 0) is 16.0 Å². The fraction of sp³-hybridized carbons (Fsp3) is 0.379. The predicted octanol–water partition coefficient (Wildman–Crippen LogP) is 0.616. The third-order valence-corrected chi connectivity index (χ3v) is 7.14. The summed E-state index contributed by atoms with van der Waals surface area (Å²) in [4.78, 5) is 43.5. The minimum Gasteiger partial charge on any atom is -0.378 e. The van der Waals surface area contributed by atoms with Crippen molar-refractivity contribution in [3.8, 4) is 0 Å². The largest absolute Gasteiger partial charge is 0.378 e. The van der Waals surface area contributed by atoms with Crippen LogP contribution in [0.15, 0.2) is 71.9 Å². The highest BCUT2D eigenvalue weighted by molar-refractivity contribution is 5.97. The molecule has 11 nitrogen and oxygen atoms in total. The first kappa shape index (κ1) is 27.5. The Balaban J connectivity index is 1.29. The van der Waals surface area contributed by atoms with Crippen LogP contribution in [0.2, 0.25) is 0 Å². The van der Waals surface area contributed by atoms with E-state index >= 15 is 0 Å². The Hall–Kier alpha value is -4.06. The van der Waals surface area contributed by atoms with Gasteiger partial charge in [-0.3, -0.25) is 14.5 Å². The monoisotopic (exact) mass is 545 g/mol. The molecule has 210 valence electrons. The zero-order chi connectivity index (χ0) is 28.1. The number of carbonyl (C=O) groups is 2. The molecule has 0 bridgehead atoms. The standard InChI is InChI=1S/C29H36N8O3/c1-33(2)11-12-34(3)27(38)18-22-5-4-6-24(17-22)37-20-25(28-30-9-10-36(28)21-37)32-26-8-7-23(19-31-26)29(39)35-13-15-40-16-14-35/h4-10,17,19-20H,11-16,18,21H2,1-3H3,(H,31,32)/p+1. The Kier molecular flexibility index (Phi) is 8.54. The van der Waals surface area contributed by atoms with Crippen molar-refractivity contribution in [1.29, 1.82) is 0 Å². The van der Waals surface area contributed by atoms with E-state index in [1.165, 1.54) is 0 Å². The van der Waals surface area contributed by atoms with Crippen LogP contribution in [0.25, 0.3) is 0 Å². The van der Waals surface area contributed by atoms with E-state index in [1.807, 2.05) is 57.8 Å². The number of benzene rings is 1. The highest BCUT2D eigenvalue weighted by Crippen LogP contribution is 2.21. The van der Waals surface area contributed by atoms with E-state index in [2.05, 4.69) is 31.2 Å². The molecule has 5 rings (SSSR count). The molecular weight excluding hydrogens is 508 g/mol. The number of fused-ring (bicyclic) bond motifs is 1. The van der Waals surface area contributed by atoms with Gasteiger partial charge in [0.2, 0.25) is 5.91 Å². The number of aliphatic imine (C=N–C) groups is 1. The summed E-state index contributed by atoms with van der Waals surface area (Å²) in [6, 6.07) is 11.7. The predicted molar refractivity (Wildman–Crippen MR) is 154 cm³/mol. The van der Waals surface area contributed by atoms with E-state index < -0.39 is 0 Å². The number of anilines is 2. The number of aromatic nitrogens is 1. The van der Waals surface area contributed by atoms with Crippen molar-refractivity contribution in [3.05, 3.63) is 78.0 Å². The molecule has 1 fully saturated rings. The minimum atomic E-state index is -0.0346. The average Bonchev–Trinajstić information content (AvgIpc) is 3.46. The normalized spacial score (nSPS) is 18.4. The van der Waals surface area contributed by atoms with Crippen LogP contribution in [0.3, 0.4) is 0 Å². The molecule has 1 saturated heterocycles. The summed E-state index contributed by atoms with van der Waals surface area (Å²) < 4.78 is 5.35. The van der Waals surface area contributed by atoms with Crippen LogP contribution in [-0.4, -0.2) is 105 Å². The van der Waals surface area contributed by atoms with Crippen molar-refractivity contribution in [2.24, 2.45) is 4.99 Å². The quantitative estimate of drug-likeness (QED) is 0.477. The van der Waals surface area contributed by atoms with Gasteiger partial charge >= 0.3 is 0 Å². The van der Waals surface area contributed by atoms with Gasteiger partial charge < -0.3 is 24.8 Å². The fourth-order valence-corrected chi connectivity index (χ4v) is 4.75. The Labute approximate surface area is 235 Å². The van der Waals surface area contributed by atoms with Gasteiger partial charge in [0, 0.05) is 51.3 Å². The van der Waals surface area contributed by atoms with Crippen molar-refractivity contribution in [1.82, 2.24) is 19.7 Å². The first-order valence-corrected chi connectivity index (χ1v) is 13.5. The Bertz CT molecular complexity index is 1310. The molecule has 2 aromatic rings. The summed E-state index contributed by atoms with van der Waals surface area (Å²) in [5.74, 6) is 1.56. The molecule has 3 aliphatic rings. The second-order valence-corrected chi connectivity index (χ2v) is 10.4. The molecule has 0 spiro atoms. The molecule has 3 aliphatic heterocycles. The number of amidine groups is 1. The Morgan fingerprint density at radius 2 is 1.93 bits per heavy atom. The van der Waals surface area contributed by atoms with E-state index in [4.69, 9.17) is 4.74 Å². The van der Waals surface area contributed by atoms with Crippen molar-refractivity contribution in [3.63, 3.8) is 0 Å². The van der Waals surface area contributed by atoms with Crippen molar-refractivity contribution >= 4 is 29.2 Å². The van der Waals surface area contributed by atoms with Crippen LogP contribution in [0.5, 0.6) is 0 Å². The molecule has 2 amide bonds. The van der Waals surface area contributed by atoms with Gasteiger partial charge in [-0.2, -0.15) is 4.99 Å². The summed E-state index contributed by atoms with van der Waals surface area (Å²) in [6.45, 7) is 4.50. The lowest BCUT2D eigenvalue weighted by Crippen LogP contribution is -3.12. The lowest BCUT2D eigenvalue weighted by atomic mass is 10.1. The number of quaternary nitrogens is 1. The molecule has 0 saturated carbocycles. The molecule has 0 aliphatic carbocycles. The molecule has 1 atom stereocenters. The summed E-state index contributed by atoms with van der Waals surface area (Å²) in [5, 5.41) is 3.39. The Morgan fingerprint density at radius 1 is 1.10 bits per heavy atom. The van der Waals surface area contributed by atoms with Gasteiger partial charge in [0.15, 0.2) is 6.67 Å². The van der Waals surface area contributed by atoms with Gasteiger partial charge in [-0.15, -0.1) is 0 Å². The molecule has 11 heteroatoms. The lowest BCUT2D eigenvalue weighted by molar-refractivity contribution is -0.743. The molecule has 1 unspecified atom stereocenters. The highest BCUT2D eigenvalue weighted by atomic mass is 16.5. The number of likely N-dealkylation sites (N-methyl/N-ethyl adjacent to an activating group) is 2. The van der Waals surface area contributed by atoms with E-state index in [9.17, 15) is 9.59 Å². The van der Waals surface area contributed by atoms with Crippen molar-refractivity contribution < 1.29 is 19.2 Å². The van der Waals surface area contributed by atoms with Crippen LogP contribution >= 0.6 is 0 Å². The first-order chi connectivity index (χ1) is 19.4. The maximum Gasteiger partial charge on any atom is 0.257 e. The first-order valence-electron chi connectivity index (χ1n) is 13.5. The maximum atomic E-state index is 12.8. The fourth-order valence-electron chi connectivity index (χ4n) is 4.75. The number of nitrogens with zero attached hydrogens (tertiary/aromatic N) is 6. The third kappa shape index (κ3) is 6.56.